The Labute approximate surface area is 282 Å². The van der Waals surface area contributed by atoms with E-state index in [2.05, 4.69) is 0 Å². The van der Waals surface area contributed by atoms with Crippen molar-refractivity contribution >= 4 is 36.4 Å². The molecular formula is C34H47Cl2F4N3O3. The summed E-state index contributed by atoms with van der Waals surface area (Å²) in [6.07, 6.45) is -1.71. The van der Waals surface area contributed by atoms with Crippen molar-refractivity contribution in [2.24, 2.45) is 0 Å². The largest absolute Gasteiger partial charge is 0.497 e. The van der Waals surface area contributed by atoms with Crippen molar-refractivity contribution in [3.05, 3.63) is 59.2 Å². The van der Waals surface area contributed by atoms with Crippen LogP contribution in [0.25, 0.3) is 0 Å². The molecule has 3 fully saturated rings. The van der Waals surface area contributed by atoms with Crippen molar-refractivity contribution in [3.63, 3.8) is 0 Å². The van der Waals surface area contributed by atoms with Gasteiger partial charge in [0.25, 0.3) is 5.91 Å². The van der Waals surface area contributed by atoms with Gasteiger partial charge in [0.05, 0.1) is 18.8 Å². The SMILES string of the molecule is COc1ccc([C@@H]2CN(C(C)(C)C)C[C@@]2(F)C(=O)N2CCC(c3ccc(C(F)(F)F)cc3N3CCC(OC)CC3)CC2)cc1.Cl.Cl. The lowest BCUT2D eigenvalue weighted by Crippen LogP contribution is -2.53. The number of hydrogen-bond donors (Lipinski definition) is 0. The van der Waals surface area contributed by atoms with Crippen LogP contribution in [-0.4, -0.2) is 86.5 Å². The number of hydrogen-bond acceptors (Lipinski definition) is 5. The third-order valence-electron chi connectivity index (χ3n) is 9.89. The number of carbonyl (C=O) groups excluding carboxylic acids is 1. The maximum Gasteiger partial charge on any atom is 0.416 e. The second-order valence-electron chi connectivity index (χ2n) is 13.5. The van der Waals surface area contributed by atoms with E-state index in [4.69, 9.17) is 9.47 Å². The maximum atomic E-state index is 17.2. The Hall–Kier alpha value is -2.27. The van der Waals surface area contributed by atoms with Crippen molar-refractivity contribution in [1.82, 2.24) is 9.80 Å². The van der Waals surface area contributed by atoms with E-state index in [1.54, 1.807) is 37.3 Å². The van der Waals surface area contributed by atoms with Gasteiger partial charge >= 0.3 is 6.18 Å². The van der Waals surface area contributed by atoms with E-state index in [-0.39, 0.29) is 48.9 Å². The summed E-state index contributed by atoms with van der Waals surface area (Å²) in [6, 6.07) is 11.3. The molecule has 0 bridgehead atoms. The molecule has 0 N–H and O–H groups in total. The van der Waals surface area contributed by atoms with Crippen LogP contribution in [0.5, 0.6) is 5.75 Å². The van der Waals surface area contributed by atoms with E-state index in [0.29, 0.717) is 57.0 Å². The maximum absolute atomic E-state index is 17.2. The Kier molecular flexibility index (Phi) is 12.3. The molecule has 0 saturated carbocycles. The number of likely N-dealkylation sites (tertiary alicyclic amines) is 2. The number of amides is 1. The van der Waals surface area contributed by atoms with E-state index in [0.717, 1.165) is 30.0 Å². The highest BCUT2D eigenvalue weighted by molar-refractivity contribution is 5.87. The minimum atomic E-state index is -4.44. The fraction of sp³-hybridized carbons (Fsp3) is 0.618. The van der Waals surface area contributed by atoms with Gasteiger partial charge in [-0.05, 0) is 87.8 Å². The van der Waals surface area contributed by atoms with Crippen LogP contribution in [0.3, 0.4) is 0 Å². The van der Waals surface area contributed by atoms with Crippen LogP contribution in [-0.2, 0) is 15.7 Å². The summed E-state index contributed by atoms with van der Waals surface area (Å²) >= 11 is 0. The second-order valence-corrected chi connectivity index (χ2v) is 13.5. The van der Waals surface area contributed by atoms with E-state index < -0.39 is 29.2 Å². The summed E-state index contributed by atoms with van der Waals surface area (Å²) in [7, 11) is 3.24. The second kappa shape index (κ2) is 14.9. The summed E-state index contributed by atoms with van der Waals surface area (Å²) in [4.78, 5) is 19.7. The molecule has 3 aliphatic heterocycles. The van der Waals surface area contributed by atoms with E-state index in [1.807, 2.05) is 42.7 Å². The summed E-state index contributed by atoms with van der Waals surface area (Å²) in [5, 5.41) is 0. The van der Waals surface area contributed by atoms with Crippen LogP contribution in [0.2, 0.25) is 0 Å². The molecular weight excluding hydrogens is 645 g/mol. The van der Waals surface area contributed by atoms with Crippen LogP contribution in [0, 0.1) is 0 Å². The van der Waals surface area contributed by atoms with Crippen molar-refractivity contribution in [3.8, 4) is 5.75 Å². The first kappa shape index (κ1) is 38.2. The molecule has 6 nitrogen and oxygen atoms in total. The average molecular weight is 693 g/mol. The number of methoxy groups -OCH3 is 2. The van der Waals surface area contributed by atoms with Crippen molar-refractivity contribution < 1.29 is 31.8 Å². The Morgan fingerprint density at radius 2 is 1.50 bits per heavy atom. The van der Waals surface area contributed by atoms with Gasteiger partial charge in [0.1, 0.15) is 5.75 Å². The molecule has 2 aromatic rings. The predicted octanol–water partition coefficient (Wildman–Crippen LogP) is 7.49. The van der Waals surface area contributed by atoms with E-state index in [9.17, 15) is 18.0 Å². The van der Waals surface area contributed by atoms with Gasteiger partial charge < -0.3 is 19.3 Å². The molecule has 0 radical (unpaired) electrons. The summed E-state index contributed by atoms with van der Waals surface area (Å²) < 4.78 is 69.1. The predicted molar refractivity (Wildman–Crippen MR) is 178 cm³/mol. The molecule has 0 spiro atoms. The third kappa shape index (κ3) is 7.88. The fourth-order valence-electron chi connectivity index (χ4n) is 7.08. The monoisotopic (exact) mass is 691 g/mol. The zero-order chi connectivity index (χ0) is 31.9. The van der Waals surface area contributed by atoms with E-state index in [1.165, 1.54) is 6.07 Å². The Morgan fingerprint density at radius 3 is 2.02 bits per heavy atom. The van der Waals surface area contributed by atoms with Gasteiger partial charge in [0.2, 0.25) is 5.67 Å². The Balaban J connectivity index is 0.00000288. The summed E-state index contributed by atoms with van der Waals surface area (Å²) in [6.45, 7) is 8.45. The molecule has 258 valence electrons. The van der Waals surface area contributed by atoms with Crippen molar-refractivity contribution in [2.45, 2.75) is 81.8 Å². The minimum Gasteiger partial charge on any atom is -0.497 e. The Bertz CT molecular complexity index is 1310. The van der Waals surface area contributed by atoms with Gasteiger partial charge in [-0.3, -0.25) is 9.69 Å². The lowest BCUT2D eigenvalue weighted by atomic mass is 9.83. The lowest BCUT2D eigenvalue weighted by Gasteiger charge is -2.39. The number of anilines is 1. The molecule has 3 aliphatic rings. The molecule has 3 heterocycles. The number of nitrogens with zero attached hydrogens (tertiary/aromatic N) is 3. The van der Waals surface area contributed by atoms with Crippen LogP contribution in [0.1, 0.15) is 75.0 Å². The van der Waals surface area contributed by atoms with Gasteiger partial charge in [-0.1, -0.05) is 18.2 Å². The fourth-order valence-corrected chi connectivity index (χ4v) is 7.08. The van der Waals surface area contributed by atoms with Gasteiger partial charge in [-0.15, -0.1) is 24.8 Å². The molecule has 0 aliphatic carbocycles. The van der Waals surface area contributed by atoms with Gasteiger partial charge in [-0.25, -0.2) is 4.39 Å². The zero-order valence-corrected chi connectivity index (χ0v) is 28.9. The topological polar surface area (TPSA) is 45.2 Å². The molecule has 2 atom stereocenters. The normalized spacial score (nSPS) is 23.5. The number of piperidine rings is 2. The number of ether oxygens (including phenoxy) is 2. The highest BCUT2D eigenvalue weighted by Crippen LogP contribution is 2.45. The third-order valence-corrected chi connectivity index (χ3v) is 9.89. The van der Waals surface area contributed by atoms with E-state index >= 15 is 4.39 Å². The van der Waals surface area contributed by atoms with Crippen LogP contribution in [0.4, 0.5) is 23.2 Å². The number of carbonyl (C=O) groups is 1. The zero-order valence-electron chi connectivity index (χ0n) is 27.2. The highest BCUT2D eigenvalue weighted by Gasteiger charge is 2.57. The van der Waals surface area contributed by atoms with Crippen LogP contribution < -0.4 is 9.64 Å². The summed E-state index contributed by atoms with van der Waals surface area (Å²) in [5.41, 5.74) is -0.840. The molecule has 46 heavy (non-hydrogen) atoms. The molecule has 2 aromatic carbocycles. The van der Waals surface area contributed by atoms with Gasteiger partial charge in [0.15, 0.2) is 0 Å². The first-order chi connectivity index (χ1) is 20.7. The molecule has 12 heteroatoms. The molecule has 0 unspecified atom stereocenters. The van der Waals surface area contributed by atoms with Crippen molar-refractivity contribution in [2.75, 3.05) is 58.4 Å². The van der Waals surface area contributed by atoms with Gasteiger partial charge in [-0.2, -0.15) is 13.2 Å². The molecule has 3 saturated heterocycles. The molecule has 0 aromatic heterocycles. The molecule has 5 rings (SSSR count). The standard InChI is InChI=1S/C34H45F4N3O3.2ClH/c1-32(2,3)41-21-29(24-6-9-26(43-4)10-7-24)33(35,22-41)31(42)40-16-12-23(13-17-40)28-11-8-25(34(36,37)38)20-30(28)39-18-14-27(44-5)15-19-39;;/h6-11,20,23,27,29H,12-19,21-22H2,1-5H3;2*1H/t29-,33-;;/m0../s1. The van der Waals surface area contributed by atoms with Crippen LogP contribution in [0.15, 0.2) is 42.5 Å². The van der Waals surface area contributed by atoms with Gasteiger partial charge in [0, 0.05) is 63.5 Å². The highest BCUT2D eigenvalue weighted by atomic mass is 35.5. The van der Waals surface area contributed by atoms with Crippen LogP contribution >= 0.6 is 24.8 Å². The number of benzene rings is 2. The number of halogens is 6. The quantitative estimate of drug-likeness (QED) is 0.294. The lowest BCUT2D eigenvalue weighted by molar-refractivity contribution is -0.145. The number of alkyl halides is 4. The smallest absolute Gasteiger partial charge is 0.416 e. The molecule has 1 amide bonds. The first-order valence-electron chi connectivity index (χ1n) is 15.6. The average Bonchev–Trinajstić information content (AvgIpc) is 3.39. The number of rotatable bonds is 6. The minimum absolute atomic E-state index is 0. The summed E-state index contributed by atoms with van der Waals surface area (Å²) in [5.74, 6) is -0.491. The first-order valence-corrected chi connectivity index (χ1v) is 15.6. The van der Waals surface area contributed by atoms with Crippen molar-refractivity contribution in [1.29, 1.82) is 0 Å². The Morgan fingerprint density at radius 1 is 0.891 bits per heavy atom.